The summed E-state index contributed by atoms with van der Waals surface area (Å²) >= 11 is 5.90. The lowest BCUT2D eigenvalue weighted by atomic mass is 9.87. The molecule has 1 fully saturated rings. The van der Waals surface area contributed by atoms with Crippen LogP contribution in [0.25, 0.3) is 0 Å². The summed E-state index contributed by atoms with van der Waals surface area (Å²) in [6, 6.07) is 23.5. The van der Waals surface area contributed by atoms with Gasteiger partial charge in [0.15, 0.2) is 0 Å². The molecule has 34 heavy (non-hydrogen) atoms. The number of para-hydroxylation sites is 1. The number of hydrogen-bond donors (Lipinski definition) is 3. The Balaban J connectivity index is 1.31. The van der Waals surface area contributed by atoms with Crippen molar-refractivity contribution in [2.45, 2.75) is 18.9 Å². The van der Waals surface area contributed by atoms with E-state index in [1.54, 1.807) is 48.5 Å². The monoisotopic (exact) mass is 477 g/mol. The molecule has 0 aliphatic carbocycles. The van der Waals surface area contributed by atoms with Crippen molar-refractivity contribution in [1.82, 2.24) is 4.90 Å². The van der Waals surface area contributed by atoms with E-state index in [4.69, 9.17) is 11.6 Å². The van der Waals surface area contributed by atoms with E-state index >= 15 is 0 Å². The second kappa shape index (κ2) is 11.3. The molecule has 1 aliphatic rings. The molecule has 1 heterocycles. The smallest absolute Gasteiger partial charge is 0.257 e. The molecule has 1 aliphatic heterocycles. The molecular weight excluding hydrogens is 450 g/mol. The summed E-state index contributed by atoms with van der Waals surface area (Å²) in [5.41, 5.74) is 2.41. The zero-order valence-electron chi connectivity index (χ0n) is 18.8. The van der Waals surface area contributed by atoms with Gasteiger partial charge in [-0.05, 0) is 73.8 Å². The van der Waals surface area contributed by atoms with Gasteiger partial charge in [0.25, 0.3) is 5.91 Å². The molecule has 0 saturated carbocycles. The van der Waals surface area contributed by atoms with Gasteiger partial charge in [-0.1, -0.05) is 54.1 Å². The molecule has 4 rings (SSSR count). The molecule has 0 unspecified atom stereocenters. The fraction of sp³-hybridized carbons (Fsp3) is 0.259. The van der Waals surface area contributed by atoms with Gasteiger partial charge in [0, 0.05) is 10.7 Å². The van der Waals surface area contributed by atoms with Crippen LogP contribution >= 0.6 is 11.6 Å². The van der Waals surface area contributed by atoms with Crippen molar-refractivity contribution in [2.24, 2.45) is 5.92 Å². The van der Waals surface area contributed by atoms with Crippen molar-refractivity contribution in [1.29, 1.82) is 0 Å². The molecule has 1 atom stereocenters. The average molecular weight is 478 g/mol. The minimum absolute atomic E-state index is 0.172. The predicted octanol–water partition coefficient (Wildman–Crippen LogP) is 4.98. The zero-order chi connectivity index (χ0) is 23.9. The second-order valence-electron chi connectivity index (χ2n) is 8.52. The highest BCUT2D eigenvalue weighted by Crippen LogP contribution is 2.30. The summed E-state index contributed by atoms with van der Waals surface area (Å²) in [6.45, 7) is 1.71. The third-order valence-electron chi connectivity index (χ3n) is 6.13. The standard InChI is InChI=1S/C27H28ClN3O3/c28-21-10-12-22(13-11-21)29-27(34)23-8-4-5-9-24(23)30-25(32)18-31-16-14-20(15-17-31)26(33)19-6-2-1-3-7-19/h1-13,20,26,33H,14-18H2,(H,29,34)(H,30,32)/t26-/m1/s1. The highest BCUT2D eigenvalue weighted by atomic mass is 35.5. The summed E-state index contributed by atoms with van der Waals surface area (Å²) < 4.78 is 0. The third-order valence-corrected chi connectivity index (χ3v) is 6.39. The van der Waals surface area contributed by atoms with Crippen LogP contribution in [0.5, 0.6) is 0 Å². The van der Waals surface area contributed by atoms with Crippen molar-refractivity contribution in [3.05, 3.63) is 95.0 Å². The summed E-state index contributed by atoms with van der Waals surface area (Å²) in [7, 11) is 0. The average Bonchev–Trinajstić information content (AvgIpc) is 2.86. The van der Waals surface area contributed by atoms with E-state index in [1.807, 2.05) is 30.3 Å². The van der Waals surface area contributed by atoms with Gasteiger partial charge in [0.1, 0.15) is 0 Å². The maximum atomic E-state index is 12.8. The molecule has 3 N–H and O–H groups in total. The van der Waals surface area contributed by atoms with Gasteiger partial charge >= 0.3 is 0 Å². The van der Waals surface area contributed by atoms with Gasteiger partial charge in [-0.3, -0.25) is 14.5 Å². The van der Waals surface area contributed by atoms with Gasteiger partial charge < -0.3 is 15.7 Å². The maximum Gasteiger partial charge on any atom is 0.257 e. The van der Waals surface area contributed by atoms with E-state index in [9.17, 15) is 14.7 Å². The summed E-state index contributed by atoms with van der Waals surface area (Å²) in [5.74, 6) is -0.304. The Morgan fingerprint density at radius 3 is 2.26 bits per heavy atom. The number of carbonyl (C=O) groups is 2. The fourth-order valence-electron chi connectivity index (χ4n) is 4.26. The van der Waals surface area contributed by atoms with Crippen LogP contribution in [0, 0.1) is 5.92 Å². The minimum atomic E-state index is -0.483. The SMILES string of the molecule is O=C(CN1CCC([C@H](O)c2ccccc2)CC1)Nc1ccccc1C(=O)Nc1ccc(Cl)cc1. The van der Waals surface area contributed by atoms with E-state index in [0.717, 1.165) is 31.5 Å². The number of aliphatic hydroxyl groups is 1. The number of rotatable bonds is 7. The van der Waals surface area contributed by atoms with Crippen LogP contribution in [0.1, 0.15) is 34.9 Å². The van der Waals surface area contributed by atoms with E-state index in [1.165, 1.54) is 0 Å². The van der Waals surface area contributed by atoms with Crippen LogP contribution < -0.4 is 10.6 Å². The number of carbonyl (C=O) groups excluding carboxylic acids is 2. The lowest BCUT2D eigenvalue weighted by molar-refractivity contribution is -0.117. The Morgan fingerprint density at radius 1 is 0.912 bits per heavy atom. The Morgan fingerprint density at radius 2 is 1.56 bits per heavy atom. The quantitative estimate of drug-likeness (QED) is 0.448. The number of likely N-dealkylation sites (tertiary alicyclic amines) is 1. The lowest BCUT2D eigenvalue weighted by Crippen LogP contribution is -2.40. The molecule has 6 nitrogen and oxygen atoms in total. The van der Waals surface area contributed by atoms with Crippen LogP contribution in [0.15, 0.2) is 78.9 Å². The summed E-state index contributed by atoms with van der Waals surface area (Å²) in [5, 5.41) is 17.0. The molecule has 2 amide bonds. The highest BCUT2D eigenvalue weighted by molar-refractivity contribution is 6.30. The first-order chi connectivity index (χ1) is 16.5. The van der Waals surface area contributed by atoms with Gasteiger partial charge in [0.2, 0.25) is 5.91 Å². The molecule has 0 spiro atoms. The number of amides is 2. The largest absolute Gasteiger partial charge is 0.388 e. The van der Waals surface area contributed by atoms with E-state index in [-0.39, 0.29) is 24.3 Å². The summed E-state index contributed by atoms with van der Waals surface area (Å²) in [4.78, 5) is 27.6. The van der Waals surface area contributed by atoms with Crippen LogP contribution in [0.4, 0.5) is 11.4 Å². The molecule has 3 aromatic carbocycles. The fourth-order valence-corrected chi connectivity index (χ4v) is 4.39. The van der Waals surface area contributed by atoms with Crippen molar-refractivity contribution in [3.63, 3.8) is 0 Å². The van der Waals surface area contributed by atoms with Gasteiger partial charge in [-0.25, -0.2) is 0 Å². The number of anilines is 2. The van der Waals surface area contributed by atoms with Crippen molar-refractivity contribution >= 4 is 34.8 Å². The van der Waals surface area contributed by atoms with Crippen LogP contribution in [-0.4, -0.2) is 41.5 Å². The Hall–Kier alpha value is -3.19. The van der Waals surface area contributed by atoms with Crippen LogP contribution in [0.2, 0.25) is 5.02 Å². The third kappa shape index (κ3) is 6.23. The van der Waals surface area contributed by atoms with E-state index in [2.05, 4.69) is 15.5 Å². The zero-order valence-corrected chi connectivity index (χ0v) is 19.5. The van der Waals surface area contributed by atoms with Gasteiger partial charge in [0.05, 0.1) is 23.9 Å². The second-order valence-corrected chi connectivity index (χ2v) is 8.96. The molecule has 176 valence electrons. The van der Waals surface area contributed by atoms with E-state index < -0.39 is 6.10 Å². The topological polar surface area (TPSA) is 81.7 Å². The molecule has 3 aromatic rings. The highest BCUT2D eigenvalue weighted by Gasteiger charge is 2.27. The van der Waals surface area contributed by atoms with Crippen LogP contribution in [0.3, 0.4) is 0 Å². The number of nitrogens with one attached hydrogen (secondary N) is 2. The van der Waals surface area contributed by atoms with Gasteiger partial charge in [-0.15, -0.1) is 0 Å². The van der Waals surface area contributed by atoms with Crippen molar-refractivity contribution in [3.8, 4) is 0 Å². The number of benzene rings is 3. The number of aliphatic hydroxyl groups excluding tert-OH is 1. The first kappa shape index (κ1) is 24.0. The minimum Gasteiger partial charge on any atom is -0.388 e. The molecule has 0 bridgehead atoms. The first-order valence-corrected chi connectivity index (χ1v) is 11.8. The first-order valence-electron chi connectivity index (χ1n) is 11.4. The maximum absolute atomic E-state index is 12.8. The molecule has 1 saturated heterocycles. The number of nitrogens with zero attached hydrogens (tertiary/aromatic N) is 1. The lowest BCUT2D eigenvalue weighted by Gasteiger charge is -2.34. The molecular formula is C27H28ClN3O3. The van der Waals surface area contributed by atoms with Crippen molar-refractivity contribution < 1.29 is 14.7 Å². The number of halogens is 1. The van der Waals surface area contributed by atoms with Gasteiger partial charge in [-0.2, -0.15) is 0 Å². The number of hydrogen-bond acceptors (Lipinski definition) is 4. The Bertz CT molecular complexity index is 1110. The molecule has 0 aromatic heterocycles. The summed E-state index contributed by atoms with van der Waals surface area (Å²) in [6.07, 6.45) is 1.16. The number of piperidine rings is 1. The molecule has 0 radical (unpaired) electrons. The Labute approximate surface area is 204 Å². The van der Waals surface area contributed by atoms with Crippen LogP contribution in [-0.2, 0) is 4.79 Å². The molecule has 7 heteroatoms. The predicted molar refractivity (Wildman–Crippen MR) is 135 cm³/mol. The van der Waals surface area contributed by atoms with E-state index in [0.29, 0.717) is 22.0 Å². The van der Waals surface area contributed by atoms with Crippen molar-refractivity contribution in [2.75, 3.05) is 30.3 Å². The normalized spacial score (nSPS) is 15.5. The Kier molecular flexibility index (Phi) is 7.95.